The average molecular weight is 283 g/mol. The van der Waals surface area contributed by atoms with Crippen LogP contribution in [0.25, 0.3) is 0 Å². The summed E-state index contributed by atoms with van der Waals surface area (Å²) in [7, 11) is 0. The van der Waals surface area contributed by atoms with Gasteiger partial charge in [-0.25, -0.2) is 4.39 Å². The Balaban J connectivity index is 2.07. The molecule has 5 heteroatoms. The topological polar surface area (TPSA) is 23.6 Å². The molecule has 3 nitrogen and oxygen atoms in total. The summed E-state index contributed by atoms with van der Waals surface area (Å²) in [5, 5.41) is 0.165. The fraction of sp³-hybridized carbons (Fsp3) is 0.357. The highest BCUT2D eigenvalue weighted by molar-refractivity contribution is 6.33. The van der Waals surface area contributed by atoms with E-state index in [0.717, 1.165) is 19.6 Å². The quantitative estimate of drug-likeness (QED) is 0.795. The summed E-state index contributed by atoms with van der Waals surface area (Å²) in [5.74, 6) is -0.896. The largest absolute Gasteiger partial charge is 0.336 e. The van der Waals surface area contributed by atoms with E-state index in [9.17, 15) is 9.18 Å². The Morgan fingerprint density at radius 3 is 2.63 bits per heavy atom. The molecule has 1 aromatic carbocycles. The molecule has 0 radical (unpaired) electrons. The molecule has 2 rings (SSSR count). The summed E-state index contributed by atoms with van der Waals surface area (Å²) >= 11 is 5.91. The fourth-order valence-corrected chi connectivity index (χ4v) is 2.42. The number of nitrogens with zero attached hydrogens (tertiary/aromatic N) is 2. The van der Waals surface area contributed by atoms with Gasteiger partial charge in [0.15, 0.2) is 0 Å². The molecule has 1 aliphatic heterocycles. The predicted molar refractivity (Wildman–Crippen MR) is 74.0 cm³/mol. The lowest BCUT2D eigenvalue weighted by atomic mass is 10.1. The number of hydrogen-bond donors (Lipinski definition) is 0. The maximum atomic E-state index is 13.7. The molecule has 0 N–H and O–H groups in total. The summed E-state index contributed by atoms with van der Waals surface area (Å²) in [6.07, 6.45) is 1.84. The number of halogens is 2. The zero-order chi connectivity index (χ0) is 13.8. The van der Waals surface area contributed by atoms with Crippen LogP contribution in [-0.2, 0) is 0 Å². The Bertz CT molecular complexity index is 464. The van der Waals surface area contributed by atoms with Gasteiger partial charge in [-0.1, -0.05) is 23.7 Å². The lowest BCUT2D eigenvalue weighted by molar-refractivity contribution is 0.0646. The lowest BCUT2D eigenvalue weighted by Crippen LogP contribution is -2.48. The fourth-order valence-electron chi connectivity index (χ4n) is 2.18. The SMILES string of the molecule is C=CCN1CCN(C(=O)c2c(F)cccc2Cl)CC1. The summed E-state index contributed by atoms with van der Waals surface area (Å²) in [5.41, 5.74) is -0.0265. The van der Waals surface area contributed by atoms with E-state index >= 15 is 0 Å². The molecule has 1 heterocycles. The van der Waals surface area contributed by atoms with Crippen molar-refractivity contribution in [2.75, 3.05) is 32.7 Å². The first-order valence-electron chi connectivity index (χ1n) is 6.20. The van der Waals surface area contributed by atoms with Crippen LogP contribution in [0.2, 0.25) is 5.02 Å². The Kier molecular flexibility index (Phi) is 4.56. The average Bonchev–Trinajstić information content (AvgIpc) is 2.39. The number of carbonyl (C=O) groups is 1. The molecule has 0 saturated carbocycles. The van der Waals surface area contributed by atoms with E-state index in [-0.39, 0.29) is 16.5 Å². The van der Waals surface area contributed by atoms with Gasteiger partial charge in [0.2, 0.25) is 0 Å². The van der Waals surface area contributed by atoms with Crippen molar-refractivity contribution in [1.29, 1.82) is 0 Å². The molecule has 1 amide bonds. The Hall–Kier alpha value is -1.39. The minimum atomic E-state index is -0.564. The molecule has 1 aromatic rings. The zero-order valence-corrected chi connectivity index (χ0v) is 11.4. The third-order valence-corrected chi connectivity index (χ3v) is 3.54. The molecule has 0 unspecified atom stereocenters. The van der Waals surface area contributed by atoms with Crippen LogP contribution in [0.5, 0.6) is 0 Å². The number of benzene rings is 1. The molecular formula is C14H16ClFN2O. The zero-order valence-electron chi connectivity index (χ0n) is 10.6. The minimum absolute atomic E-state index is 0.0265. The van der Waals surface area contributed by atoms with Crippen LogP contribution in [0.1, 0.15) is 10.4 Å². The molecule has 1 saturated heterocycles. The van der Waals surface area contributed by atoms with Crippen LogP contribution >= 0.6 is 11.6 Å². The summed E-state index contributed by atoms with van der Waals surface area (Å²) < 4.78 is 13.7. The van der Waals surface area contributed by atoms with Gasteiger partial charge in [-0.3, -0.25) is 9.69 Å². The molecule has 0 bridgehead atoms. The van der Waals surface area contributed by atoms with Crippen molar-refractivity contribution in [3.63, 3.8) is 0 Å². The maximum Gasteiger partial charge on any atom is 0.258 e. The Morgan fingerprint density at radius 1 is 1.37 bits per heavy atom. The summed E-state index contributed by atoms with van der Waals surface area (Å²) in [6.45, 7) is 7.20. The van der Waals surface area contributed by atoms with Crippen LogP contribution in [-0.4, -0.2) is 48.4 Å². The molecule has 1 fully saturated rings. The van der Waals surface area contributed by atoms with E-state index in [1.54, 1.807) is 4.90 Å². The highest BCUT2D eigenvalue weighted by atomic mass is 35.5. The van der Waals surface area contributed by atoms with Gasteiger partial charge >= 0.3 is 0 Å². The highest BCUT2D eigenvalue weighted by Crippen LogP contribution is 2.21. The van der Waals surface area contributed by atoms with E-state index in [1.807, 2.05) is 6.08 Å². The highest BCUT2D eigenvalue weighted by Gasteiger charge is 2.25. The molecular weight excluding hydrogens is 267 g/mol. The van der Waals surface area contributed by atoms with Gasteiger partial charge in [0, 0.05) is 32.7 Å². The van der Waals surface area contributed by atoms with E-state index < -0.39 is 5.82 Å². The first-order valence-corrected chi connectivity index (χ1v) is 6.58. The molecule has 1 aliphatic rings. The van der Waals surface area contributed by atoms with E-state index in [2.05, 4.69) is 11.5 Å². The van der Waals surface area contributed by atoms with Crippen molar-refractivity contribution in [3.8, 4) is 0 Å². The van der Waals surface area contributed by atoms with E-state index in [1.165, 1.54) is 18.2 Å². The lowest BCUT2D eigenvalue weighted by Gasteiger charge is -2.34. The van der Waals surface area contributed by atoms with Crippen LogP contribution in [0, 0.1) is 5.82 Å². The van der Waals surface area contributed by atoms with Crippen molar-refractivity contribution >= 4 is 17.5 Å². The Labute approximate surface area is 117 Å². The number of piperazine rings is 1. The molecule has 0 atom stereocenters. The van der Waals surface area contributed by atoms with Crippen LogP contribution in [0.4, 0.5) is 4.39 Å². The molecule has 102 valence electrons. The van der Waals surface area contributed by atoms with Crippen LogP contribution in [0.15, 0.2) is 30.9 Å². The number of rotatable bonds is 3. The van der Waals surface area contributed by atoms with Crippen molar-refractivity contribution in [1.82, 2.24) is 9.80 Å². The first-order chi connectivity index (χ1) is 9.13. The van der Waals surface area contributed by atoms with Gasteiger partial charge in [-0.15, -0.1) is 6.58 Å². The van der Waals surface area contributed by atoms with E-state index in [0.29, 0.717) is 13.1 Å². The molecule has 0 spiro atoms. The van der Waals surface area contributed by atoms with Crippen molar-refractivity contribution in [2.24, 2.45) is 0 Å². The van der Waals surface area contributed by atoms with Gasteiger partial charge in [0.1, 0.15) is 5.82 Å². The van der Waals surface area contributed by atoms with Crippen LogP contribution < -0.4 is 0 Å². The van der Waals surface area contributed by atoms with Crippen molar-refractivity contribution in [2.45, 2.75) is 0 Å². The monoisotopic (exact) mass is 282 g/mol. The van der Waals surface area contributed by atoms with Gasteiger partial charge in [0.25, 0.3) is 5.91 Å². The second kappa shape index (κ2) is 6.17. The minimum Gasteiger partial charge on any atom is -0.336 e. The Morgan fingerprint density at radius 2 is 2.05 bits per heavy atom. The van der Waals surface area contributed by atoms with Gasteiger partial charge < -0.3 is 4.90 Å². The van der Waals surface area contributed by atoms with Gasteiger partial charge in [-0.2, -0.15) is 0 Å². The standard InChI is InChI=1S/C14H16ClFN2O/c1-2-6-17-7-9-18(10-8-17)14(19)13-11(15)4-3-5-12(13)16/h2-5H,1,6-10H2. The van der Waals surface area contributed by atoms with Crippen LogP contribution in [0.3, 0.4) is 0 Å². The second-order valence-corrected chi connectivity index (χ2v) is 4.89. The first kappa shape index (κ1) is 14.0. The van der Waals surface area contributed by atoms with E-state index in [4.69, 9.17) is 11.6 Å². The summed E-state index contributed by atoms with van der Waals surface area (Å²) in [4.78, 5) is 16.1. The number of carbonyl (C=O) groups excluding carboxylic acids is 1. The number of hydrogen-bond acceptors (Lipinski definition) is 2. The van der Waals surface area contributed by atoms with Gasteiger partial charge in [0.05, 0.1) is 10.6 Å². The van der Waals surface area contributed by atoms with Crippen molar-refractivity contribution < 1.29 is 9.18 Å². The number of amides is 1. The van der Waals surface area contributed by atoms with Gasteiger partial charge in [-0.05, 0) is 12.1 Å². The van der Waals surface area contributed by atoms with Crippen molar-refractivity contribution in [3.05, 3.63) is 47.3 Å². The summed E-state index contributed by atoms with van der Waals surface area (Å²) in [6, 6.07) is 4.29. The third-order valence-electron chi connectivity index (χ3n) is 3.22. The smallest absolute Gasteiger partial charge is 0.258 e. The normalized spacial score (nSPS) is 16.4. The second-order valence-electron chi connectivity index (χ2n) is 4.48. The maximum absolute atomic E-state index is 13.7. The molecule has 0 aromatic heterocycles. The molecule has 19 heavy (non-hydrogen) atoms. The molecule has 0 aliphatic carbocycles. The predicted octanol–water partition coefficient (Wildman–Crippen LogP) is 2.42. The third kappa shape index (κ3) is 3.14.